The standard InChI is InChI=1S/C21H22ClN3OS/c1-15-16(2)27-21(25-9-5-6-10-25)19(15)20(26)24-13-11-23(12-14-24)18-8-4-3-7-17(18)22/h3-10H,11-14H2,1-2H3. The molecule has 1 aliphatic rings. The maximum atomic E-state index is 13.3. The molecular weight excluding hydrogens is 378 g/mol. The number of anilines is 1. The topological polar surface area (TPSA) is 28.5 Å². The van der Waals surface area contributed by atoms with Crippen molar-refractivity contribution in [3.05, 3.63) is 69.8 Å². The van der Waals surface area contributed by atoms with Crippen molar-refractivity contribution in [2.45, 2.75) is 13.8 Å². The zero-order valence-corrected chi connectivity index (χ0v) is 17.1. The molecule has 27 heavy (non-hydrogen) atoms. The smallest absolute Gasteiger partial charge is 0.257 e. The van der Waals surface area contributed by atoms with Crippen molar-refractivity contribution < 1.29 is 4.79 Å². The third-order valence-electron chi connectivity index (χ3n) is 5.18. The van der Waals surface area contributed by atoms with Gasteiger partial charge in [-0.2, -0.15) is 0 Å². The maximum Gasteiger partial charge on any atom is 0.257 e. The van der Waals surface area contributed by atoms with Gasteiger partial charge in [-0.25, -0.2) is 0 Å². The number of hydrogen-bond donors (Lipinski definition) is 0. The molecule has 0 radical (unpaired) electrons. The van der Waals surface area contributed by atoms with Gasteiger partial charge in [0.2, 0.25) is 0 Å². The Hall–Kier alpha value is -2.24. The highest BCUT2D eigenvalue weighted by atomic mass is 35.5. The van der Waals surface area contributed by atoms with Crippen LogP contribution in [0.25, 0.3) is 5.00 Å². The van der Waals surface area contributed by atoms with Gasteiger partial charge in [-0.05, 0) is 43.7 Å². The third-order valence-corrected chi connectivity index (χ3v) is 6.72. The van der Waals surface area contributed by atoms with Gasteiger partial charge in [0.1, 0.15) is 5.00 Å². The average Bonchev–Trinajstić information content (AvgIpc) is 3.31. The molecule has 0 saturated carbocycles. The van der Waals surface area contributed by atoms with Gasteiger partial charge in [-0.3, -0.25) is 4.79 Å². The molecular formula is C21H22ClN3OS. The number of aryl methyl sites for hydroxylation is 1. The fourth-order valence-corrected chi connectivity index (χ4v) is 4.90. The van der Waals surface area contributed by atoms with Gasteiger partial charge >= 0.3 is 0 Å². The molecule has 0 aliphatic carbocycles. The molecule has 1 aromatic carbocycles. The monoisotopic (exact) mass is 399 g/mol. The Kier molecular flexibility index (Phi) is 4.98. The molecule has 2 aromatic heterocycles. The summed E-state index contributed by atoms with van der Waals surface area (Å²) < 4.78 is 2.04. The highest BCUT2D eigenvalue weighted by Crippen LogP contribution is 2.33. The summed E-state index contributed by atoms with van der Waals surface area (Å²) in [6, 6.07) is 11.9. The SMILES string of the molecule is Cc1sc(-n2cccc2)c(C(=O)N2CCN(c3ccccc3Cl)CC2)c1C. The molecule has 4 rings (SSSR count). The van der Waals surface area contributed by atoms with E-state index in [0.29, 0.717) is 13.1 Å². The summed E-state index contributed by atoms with van der Waals surface area (Å²) in [6.07, 6.45) is 3.99. The largest absolute Gasteiger partial charge is 0.367 e. The normalized spacial score (nSPS) is 14.6. The van der Waals surface area contributed by atoms with E-state index in [4.69, 9.17) is 11.6 Å². The lowest BCUT2D eigenvalue weighted by molar-refractivity contribution is 0.0746. The summed E-state index contributed by atoms with van der Waals surface area (Å²) in [5.74, 6) is 0.124. The van der Waals surface area contributed by atoms with Crippen LogP contribution in [0.1, 0.15) is 20.8 Å². The van der Waals surface area contributed by atoms with E-state index in [1.165, 1.54) is 4.88 Å². The Morgan fingerprint density at radius 1 is 1.00 bits per heavy atom. The first-order valence-corrected chi connectivity index (χ1v) is 10.3. The van der Waals surface area contributed by atoms with Gasteiger partial charge in [0.05, 0.1) is 16.3 Å². The number of piperazine rings is 1. The van der Waals surface area contributed by atoms with Crippen LogP contribution in [0.4, 0.5) is 5.69 Å². The van der Waals surface area contributed by atoms with Gasteiger partial charge in [-0.15, -0.1) is 11.3 Å². The summed E-state index contributed by atoms with van der Waals surface area (Å²) >= 11 is 8.01. The number of halogens is 1. The second kappa shape index (κ2) is 7.41. The van der Waals surface area contributed by atoms with E-state index in [9.17, 15) is 4.79 Å². The Labute approximate surface area is 168 Å². The van der Waals surface area contributed by atoms with Gasteiger partial charge in [0.25, 0.3) is 5.91 Å². The molecule has 1 amide bonds. The molecule has 0 N–H and O–H groups in total. The van der Waals surface area contributed by atoms with Crippen LogP contribution in [0.3, 0.4) is 0 Å². The van der Waals surface area contributed by atoms with Crippen LogP contribution in [-0.4, -0.2) is 41.6 Å². The molecule has 1 saturated heterocycles. The second-order valence-electron chi connectivity index (χ2n) is 6.78. The summed E-state index contributed by atoms with van der Waals surface area (Å²) in [7, 11) is 0. The Morgan fingerprint density at radius 2 is 1.67 bits per heavy atom. The number of carbonyl (C=O) groups excluding carboxylic acids is 1. The Balaban J connectivity index is 1.55. The van der Waals surface area contributed by atoms with Crippen molar-refractivity contribution in [1.82, 2.24) is 9.47 Å². The van der Waals surface area contributed by atoms with E-state index in [1.807, 2.05) is 65.2 Å². The molecule has 6 heteroatoms. The third kappa shape index (κ3) is 3.37. The predicted octanol–water partition coefficient (Wildman–Crippen LogP) is 4.77. The number of aromatic nitrogens is 1. The number of para-hydroxylation sites is 1. The van der Waals surface area contributed by atoms with Crippen molar-refractivity contribution in [2.24, 2.45) is 0 Å². The molecule has 140 valence electrons. The van der Waals surface area contributed by atoms with Crippen LogP contribution in [0.15, 0.2) is 48.8 Å². The van der Waals surface area contributed by atoms with E-state index >= 15 is 0 Å². The quantitative estimate of drug-likeness (QED) is 0.634. The fraction of sp³-hybridized carbons (Fsp3) is 0.286. The fourth-order valence-electron chi connectivity index (χ4n) is 3.53. The number of thiophene rings is 1. The average molecular weight is 400 g/mol. The van der Waals surface area contributed by atoms with Crippen LogP contribution in [0, 0.1) is 13.8 Å². The molecule has 3 aromatic rings. The zero-order valence-electron chi connectivity index (χ0n) is 15.5. The molecule has 0 bridgehead atoms. The van der Waals surface area contributed by atoms with Gasteiger partial charge in [-0.1, -0.05) is 23.7 Å². The number of benzene rings is 1. The predicted molar refractivity (Wildman–Crippen MR) is 113 cm³/mol. The first-order chi connectivity index (χ1) is 13.1. The molecule has 0 unspecified atom stereocenters. The summed E-state index contributed by atoms with van der Waals surface area (Å²) in [6.45, 7) is 7.10. The van der Waals surface area contributed by atoms with Crippen LogP contribution in [0.5, 0.6) is 0 Å². The number of rotatable bonds is 3. The van der Waals surface area contributed by atoms with Crippen molar-refractivity contribution in [3.63, 3.8) is 0 Å². The maximum absolute atomic E-state index is 13.3. The lowest BCUT2D eigenvalue weighted by Crippen LogP contribution is -2.49. The van der Waals surface area contributed by atoms with Crippen molar-refractivity contribution in [2.75, 3.05) is 31.1 Å². The number of carbonyl (C=O) groups is 1. The Bertz CT molecular complexity index is 956. The minimum absolute atomic E-state index is 0.124. The van der Waals surface area contributed by atoms with Crippen molar-refractivity contribution in [3.8, 4) is 5.00 Å². The zero-order chi connectivity index (χ0) is 19.0. The number of hydrogen-bond acceptors (Lipinski definition) is 3. The van der Waals surface area contributed by atoms with Crippen molar-refractivity contribution >= 4 is 34.5 Å². The molecule has 4 nitrogen and oxygen atoms in total. The summed E-state index contributed by atoms with van der Waals surface area (Å²) in [5, 5.41) is 1.77. The van der Waals surface area contributed by atoms with Crippen LogP contribution in [0.2, 0.25) is 5.02 Å². The van der Waals surface area contributed by atoms with Gasteiger partial charge < -0.3 is 14.4 Å². The molecule has 1 fully saturated rings. The molecule has 3 heterocycles. The summed E-state index contributed by atoms with van der Waals surface area (Å²) in [4.78, 5) is 18.7. The van der Waals surface area contributed by atoms with Crippen molar-refractivity contribution in [1.29, 1.82) is 0 Å². The minimum Gasteiger partial charge on any atom is -0.367 e. The molecule has 0 spiro atoms. The first-order valence-electron chi connectivity index (χ1n) is 9.08. The number of amides is 1. The van der Waals surface area contributed by atoms with Crippen LogP contribution in [-0.2, 0) is 0 Å². The Morgan fingerprint density at radius 3 is 2.33 bits per heavy atom. The van der Waals surface area contributed by atoms with Gasteiger partial charge in [0.15, 0.2) is 0 Å². The molecule has 0 atom stereocenters. The first kappa shape index (κ1) is 18.1. The van der Waals surface area contributed by atoms with Crippen LogP contribution < -0.4 is 4.90 Å². The van der Waals surface area contributed by atoms with E-state index in [0.717, 1.165) is 39.9 Å². The van der Waals surface area contributed by atoms with E-state index in [-0.39, 0.29) is 5.91 Å². The highest BCUT2D eigenvalue weighted by Gasteiger charge is 2.28. The van der Waals surface area contributed by atoms with Crippen LogP contribution >= 0.6 is 22.9 Å². The highest BCUT2D eigenvalue weighted by molar-refractivity contribution is 7.15. The second-order valence-corrected chi connectivity index (χ2v) is 8.39. The van der Waals surface area contributed by atoms with E-state index in [1.54, 1.807) is 11.3 Å². The molecule has 1 aliphatic heterocycles. The van der Waals surface area contributed by atoms with E-state index in [2.05, 4.69) is 11.8 Å². The lowest BCUT2D eigenvalue weighted by Gasteiger charge is -2.36. The van der Waals surface area contributed by atoms with E-state index < -0.39 is 0 Å². The van der Waals surface area contributed by atoms with Gasteiger partial charge in [0, 0.05) is 43.4 Å². The minimum atomic E-state index is 0.124. The number of nitrogens with zero attached hydrogens (tertiary/aromatic N) is 3. The lowest BCUT2D eigenvalue weighted by atomic mass is 10.1. The summed E-state index contributed by atoms with van der Waals surface area (Å²) in [5.41, 5.74) is 2.96.